The van der Waals surface area contributed by atoms with Gasteiger partial charge in [0, 0.05) is 0 Å². The number of carbonyl (C=O) groups is 1. The number of rotatable bonds is 5. The lowest BCUT2D eigenvalue weighted by atomic mass is 9.95. The predicted octanol–water partition coefficient (Wildman–Crippen LogP) is 2.32. The molecule has 4 heteroatoms. The highest BCUT2D eigenvalue weighted by atomic mass is 16.5. The molecule has 0 unspecified atom stereocenters. The summed E-state index contributed by atoms with van der Waals surface area (Å²) in [6.07, 6.45) is -0.495. The van der Waals surface area contributed by atoms with Crippen LogP contribution < -0.4 is 4.74 Å². The number of ether oxygens (including phenoxy) is 2. The van der Waals surface area contributed by atoms with E-state index in [2.05, 4.69) is 0 Å². The van der Waals surface area contributed by atoms with E-state index in [-0.39, 0.29) is 12.6 Å². The van der Waals surface area contributed by atoms with Crippen LogP contribution in [0.5, 0.6) is 5.75 Å². The molecule has 0 saturated heterocycles. The Morgan fingerprint density at radius 3 is 2.33 bits per heavy atom. The van der Waals surface area contributed by atoms with E-state index in [4.69, 9.17) is 9.47 Å². The van der Waals surface area contributed by atoms with Gasteiger partial charge in [0.15, 0.2) is 0 Å². The smallest absolute Gasteiger partial charge is 0.314 e. The molecular weight excluding hydrogens is 232 g/mol. The average Bonchev–Trinajstić information content (AvgIpc) is 2.35. The number of methoxy groups -OCH3 is 1. The van der Waals surface area contributed by atoms with Crippen molar-refractivity contribution in [3.8, 4) is 5.75 Å². The molecular formula is C14H20O4. The predicted molar refractivity (Wildman–Crippen MR) is 68.4 cm³/mol. The van der Waals surface area contributed by atoms with Crippen LogP contribution >= 0.6 is 0 Å². The Morgan fingerprint density at radius 2 is 1.89 bits per heavy atom. The van der Waals surface area contributed by atoms with Gasteiger partial charge in [0.05, 0.1) is 18.6 Å². The molecule has 1 aromatic carbocycles. The van der Waals surface area contributed by atoms with Gasteiger partial charge < -0.3 is 14.6 Å². The fraction of sp³-hybridized carbons (Fsp3) is 0.500. The van der Waals surface area contributed by atoms with Crippen LogP contribution in [0.15, 0.2) is 24.3 Å². The van der Waals surface area contributed by atoms with Crippen molar-refractivity contribution >= 4 is 5.97 Å². The van der Waals surface area contributed by atoms with Crippen LogP contribution in [0.25, 0.3) is 0 Å². The highest BCUT2D eigenvalue weighted by Gasteiger charge is 2.29. The summed E-state index contributed by atoms with van der Waals surface area (Å²) >= 11 is 0. The van der Waals surface area contributed by atoms with Crippen molar-refractivity contribution in [1.82, 2.24) is 0 Å². The molecule has 0 aliphatic heterocycles. The van der Waals surface area contributed by atoms with Crippen LogP contribution in [-0.4, -0.2) is 24.8 Å². The SMILES string of the molecule is COC(=O)C(C)(C)COc1ccc([C@H](C)O)cc1. The molecule has 0 aliphatic rings. The molecule has 1 aromatic rings. The molecule has 0 amide bonds. The summed E-state index contributed by atoms with van der Waals surface area (Å²) in [5, 5.41) is 9.38. The summed E-state index contributed by atoms with van der Waals surface area (Å²) in [5.74, 6) is 0.361. The lowest BCUT2D eigenvalue weighted by molar-refractivity contribution is -0.152. The van der Waals surface area contributed by atoms with Crippen molar-refractivity contribution in [1.29, 1.82) is 0 Å². The molecule has 0 fully saturated rings. The zero-order valence-corrected chi connectivity index (χ0v) is 11.3. The molecule has 0 radical (unpaired) electrons. The number of aliphatic hydroxyl groups excluding tert-OH is 1. The number of hydrogen-bond donors (Lipinski definition) is 1. The molecule has 1 N–H and O–H groups in total. The highest BCUT2D eigenvalue weighted by Crippen LogP contribution is 2.21. The Balaban J connectivity index is 2.61. The summed E-state index contributed by atoms with van der Waals surface area (Å²) in [7, 11) is 1.36. The summed E-state index contributed by atoms with van der Waals surface area (Å²) < 4.78 is 10.2. The van der Waals surface area contributed by atoms with E-state index in [0.29, 0.717) is 5.75 Å². The van der Waals surface area contributed by atoms with Gasteiger partial charge in [0.2, 0.25) is 0 Å². The lowest BCUT2D eigenvalue weighted by Gasteiger charge is -2.21. The molecule has 18 heavy (non-hydrogen) atoms. The molecule has 1 atom stereocenters. The zero-order valence-electron chi connectivity index (χ0n) is 11.3. The van der Waals surface area contributed by atoms with Crippen molar-refractivity contribution < 1.29 is 19.4 Å². The number of hydrogen-bond acceptors (Lipinski definition) is 4. The van der Waals surface area contributed by atoms with Crippen molar-refractivity contribution in [2.75, 3.05) is 13.7 Å². The lowest BCUT2D eigenvalue weighted by Crippen LogP contribution is -2.32. The topological polar surface area (TPSA) is 55.8 Å². The molecule has 0 saturated carbocycles. The average molecular weight is 252 g/mol. The normalized spacial score (nSPS) is 12.9. The number of esters is 1. The maximum atomic E-state index is 11.5. The summed E-state index contributed by atoms with van der Waals surface area (Å²) in [5.41, 5.74) is 0.145. The first-order valence-corrected chi connectivity index (χ1v) is 5.86. The molecule has 0 aliphatic carbocycles. The van der Waals surface area contributed by atoms with Gasteiger partial charge in [-0.15, -0.1) is 0 Å². The molecule has 0 spiro atoms. The van der Waals surface area contributed by atoms with Crippen molar-refractivity contribution in [3.05, 3.63) is 29.8 Å². The van der Waals surface area contributed by atoms with E-state index in [1.54, 1.807) is 45.0 Å². The maximum Gasteiger partial charge on any atom is 0.314 e. The number of carbonyl (C=O) groups excluding carboxylic acids is 1. The molecule has 4 nitrogen and oxygen atoms in total. The Kier molecular flexibility index (Phi) is 4.73. The van der Waals surface area contributed by atoms with Crippen molar-refractivity contribution in [2.45, 2.75) is 26.9 Å². The minimum atomic E-state index is -0.683. The largest absolute Gasteiger partial charge is 0.492 e. The van der Waals surface area contributed by atoms with Crippen molar-refractivity contribution in [3.63, 3.8) is 0 Å². The zero-order chi connectivity index (χ0) is 13.8. The number of benzene rings is 1. The monoisotopic (exact) mass is 252 g/mol. The van der Waals surface area contributed by atoms with E-state index >= 15 is 0 Å². The van der Waals surface area contributed by atoms with Crippen LogP contribution in [0.1, 0.15) is 32.4 Å². The molecule has 100 valence electrons. The quantitative estimate of drug-likeness (QED) is 0.817. The fourth-order valence-corrected chi connectivity index (χ4v) is 1.44. The van der Waals surface area contributed by atoms with E-state index in [1.165, 1.54) is 7.11 Å². The van der Waals surface area contributed by atoms with Gasteiger partial charge in [-0.05, 0) is 38.5 Å². The Bertz CT molecular complexity index is 393. The third kappa shape index (κ3) is 3.74. The van der Waals surface area contributed by atoms with Gasteiger partial charge in [-0.1, -0.05) is 12.1 Å². The Labute approximate surface area is 108 Å². The second-order valence-electron chi connectivity index (χ2n) is 4.91. The third-order valence-electron chi connectivity index (χ3n) is 2.70. The second-order valence-corrected chi connectivity index (χ2v) is 4.91. The summed E-state index contributed by atoms with van der Waals surface area (Å²) in [4.78, 5) is 11.5. The van der Waals surface area contributed by atoms with Crippen LogP contribution in [0.2, 0.25) is 0 Å². The van der Waals surface area contributed by atoms with Crippen LogP contribution in [0.3, 0.4) is 0 Å². The fourth-order valence-electron chi connectivity index (χ4n) is 1.44. The van der Waals surface area contributed by atoms with E-state index < -0.39 is 11.5 Å². The van der Waals surface area contributed by atoms with Crippen molar-refractivity contribution in [2.24, 2.45) is 5.41 Å². The first-order valence-electron chi connectivity index (χ1n) is 5.86. The molecule has 0 heterocycles. The van der Waals surface area contributed by atoms with Gasteiger partial charge in [-0.2, -0.15) is 0 Å². The van der Waals surface area contributed by atoms with Crippen LogP contribution in [0, 0.1) is 5.41 Å². The highest BCUT2D eigenvalue weighted by molar-refractivity contribution is 5.75. The molecule has 0 bridgehead atoms. The Morgan fingerprint density at radius 1 is 1.33 bits per heavy atom. The second kappa shape index (κ2) is 5.87. The minimum absolute atomic E-state index is 0.244. The molecule has 1 rings (SSSR count). The van der Waals surface area contributed by atoms with Crippen LogP contribution in [0.4, 0.5) is 0 Å². The van der Waals surface area contributed by atoms with E-state index in [0.717, 1.165) is 5.56 Å². The first-order chi connectivity index (χ1) is 8.36. The Hall–Kier alpha value is -1.55. The standard InChI is InChI=1S/C14H20O4/c1-10(15)11-5-7-12(8-6-11)18-9-14(2,3)13(16)17-4/h5-8,10,15H,9H2,1-4H3/t10-/m0/s1. The number of aliphatic hydroxyl groups is 1. The van der Waals surface area contributed by atoms with Gasteiger partial charge in [-0.25, -0.2) is 0 Å². The minimum Gasteiger partial charge on any atom is -0.492 e. The van der Waals surface area contributed by atoms with Gasteiger partial charge in [0.1, 0.15) is 12.4 Å². The van der Waals surface area contributed by atoms with Gasteiger partial charge in [0.25, 0.3) is 0 Å². The first kappa shape index (κ1) is 14.5. The van der Waals surface area contributed by atoms with Gasteiger partial charge in [-0.3, -0.25) is 4.79 Å². The summed E-state index contributed by atoms with van der Waals surface area (Å²) in [6.45, 7) is 5.48. The third-order valence-corrected chi connectivity index (χ3v) is 2.70. The summed E-state index contributed by atoms with van der Waals surface area (Å²) in [6, 6.07) is 7.14. The van der Waals surface area contributed by atoms with E-state index in [1.807, 2.05) is 0 Å². The van der Waals surface area contributed by atoms with Crippen LogP contribution in [-0.2, 0) is 9.53 Å². The van der Waals surface area contributed by atoms with Gasteiger partial charge >= 0.3 is 5.97 Å². The maximum absolute atomic E-state index is 11.5. The molecule has 0 aromatic heterocycles. The van der Waals surface area contributed by atoms with E-state index in [9.17, 15) is 9.90 Å².